The maximum absolute atomic E-state index is 6.36. The average molecular weight is 286 g/mol. The predicted molar refractivity (Wildman–Crippen MR) is 81.5 cm³/mol. The van der Waals surface area contributed by atoms with Crippen LogP contribution in [0.2, 0.25) is 6.04 Å². The van der Waals surface area contributed by atoms with Crippen molar-refractivity contribution in [1.29, 1.82) is 0 Å². The minimum Gasteiger partial charge on any atom is -0.396 e. The molecule has 4 heteroatoms. The summed E-state index contributed by atoms with van der Waals surface area (Å²) in [6, 6.07) is 1.12. The zero-order valence-corrected chi connectivity index (χ0v) is 14.0. The quantitative estimate of drug-likeness (QED) is 0.365. The summed E-state index contributed by atoms with van der Waals surface area (Å²) >= 11 is 0. The highest BCUT2D eigenvalue weighted by Crippen LogP contribution is 2.29. The molecule has 19 heavy (non-hydrogen) atoms. The molecule has 1 heterocycles. The second kappa shape index (κ2) is 8.90. The molecule has 1 unspecified atom stereocenters. The van der Waals surface area contributed by atoms with Crippen LogP contribution in [0.3, 0.4) is 0 Å². The normalized spacial score (nSPS) is 20.5. The van der Waals surface area contributed by atoms with Crippen molar-refractivity contribution in [2.24, 2.45) is 0 Å². The summed E-state index contributed by atoms with van der Waals surface area (Å²) in [7, 11) is -1.53. The molecule has 1 atom stereocenters. The average Bonchev–Trinajstić information content (AvgIpc) is 2.38. The number of hydrogen-bond donors (Lipinski definition) is 0. The van der Waals surface area contributed by atoms with Gasteiger partial charge in [0, 0.05) is 19.4 Å². The lowest BCUT2D eigenvalue weighted by atomic mass is 10.1. The van der Waals surface area contributed by atoms with Gasteiger partial charge in [-0.05, 0) is 25.8 Å². The van der Waals surface area contributed by atoms with E-state index in [2.05, 4.69) is 20.4 Å². The summed E-state index contributed by atoms with van der Waals surface area (Å²) in [6.45, 7) is 11.7. The summed E-state index contributed by atoms with van der Waals surface area (Å²) in [4.78, 5) is 0. The Bertz CT molecular complexity index is 256. The smallest absolute Gasteiger partial charge is 0.323 e. The van der Waals surface area contributed by atoms with E-state index in [4.69, 9.17) is 13.6 Å². The highest BCUT2D eigenvalue weighted by molar-refractivity contribution is 6.44. The zero-order chi connectivity index (χ0) is 14.1. The molecule has 1 aliphatic rings. The van der Waals surface area contributed by atoms with Crippen LogP contribution < -0.4 is 0 Å². The molecule has 1 saturated heterocycles. The van der Waals surface area contributed by atoms with Gasteiger partial charge in [-0.2, -0.15) is 0 Å². The fourth-order valence-electron chi connectivity index (χ4n) is 2.48. The molecule has 0 amide bonds. The van der Waals surface area contributed by atoms with Crippen LogP contribution in [0, 0.1) is 0 Å². The van der Waals surface area contributed by atoms with Crippen LogP contribution in [0.25, 0.3) is 0 Å². The topological polar surface area (TPSA) is 27.7 Å². The summed E-state index contributed by atoms with van der Waals surface area (Å²) in [5.41, 5.74) is 1.05. The van der Waals surface area contributed by atoms with Crippen molar-refractivity contribution in [3.05, 3.63) is 12.2 Å². The fourth-order valence-corrected chi connectivity index (χ4v) is 4.67. The molecule has 0 aromatic heterocycles. The Hall–Kier alpha value is -0.163. The second-order valence-electron chi connectivity index (χ2n) is 5.57. The first-order valence-corrected chi connectivity index (χ1v) is 9.45. The first-order chi connectivity index (χ1) is 9.12. The maximum Gasteiger partial charge on any atom is 0.323 e. The van der Waals surface area contributed by atoms with Crippen LogP contribution in [-0.2, 0) is 13.6 Å². The highest BCUT2D eigenvalue weighted by atomic mass is 28.3. The van der Waals surface area contributed by atoms with Crippen molar-refractivity contribution >= 4 is 9.28 Å². The summed E-state index contributed by atoms with van der Waals surface area (Å²) in [5.74, 6) is -0.434. The maximum atomic E-state index is 6.36. The molecule has 0 aliphatic carbocycles. The fraction of sp³-hybridized carbons (Fsp3) is 0.867. The van der Waals surface area contributed by atoms with Gasteiger partial charge < -0.3 is 13.6 Å². The van der Waals surface area contributed by atoms with E-state index in [1.165, 1.54) is 12.8 Å². The number of ether oxygens (including phenoxy) is 1. The van der Waals surface area contributed by atoms with E-state index in [-0.39, 0.29) is 0 Å². The van der Waals surface area contributed by atoms with E-state index in [0.717, 1.165) is 43.9 Å². The summed E-state index contributed by atoms with van der Waals surface area (Å²) in [6.07, 6.45) is 6.44. The molecule has 3 nitrogen and oxygen atoms in total. The molecule has 0 bridgehead atoms. The van der Waals surface area contributed by atoms with Crippen molar-refractivity contribution in [2.45, 2.75) is 71.1 Å². The van der Waals surface area contributed by atoms with E-state index >= 15 is 0 Å². The van der Waals surface area contributed by atoms with Crippen LogP contribution in [0.4, 0.5) is 0 Å². The van der Waals surface area contributed by atoms with Gasteiger partial charge in [-0.15, -0.1) is 0 Å². The molecule has 0 aromatic rings. The molecule has 0 radical (unpaired) electrons. The summed E-state index contributed by atoms with van der Waals surface area (Å²) in [5, 5.41) is 0. The van der Waals surface area contributed by atoms with E-state index < -0.39 is 15.1 Å². The van der Waals surface area contributed by atoms with Crippen molar-refractivity contribution in [3.8, 4) is 0 Å². The van der Waals surface area contributed by atoms with E-state index in [0.29, 0.717) is 6.61 Å². The Balaban J connectivity index is 2.65. The SMILES string of the molecule is C=C(C)COC(CCC)(CCC)O[SiH]1CCCCO1. The molecule has 0 aromatic carbocycles. The molecule has 1 fully saturated rings. The van der Waals surface area contributed by atoms with Gasteiger partial charge in [-0.3, -0.25) is 0 Å². The Kier molecular flexibility index (Phi) is 7.91. The largest absolute Gasteiger partial charge is 0.396 e. The van der Waals surface area contributed by atoms with Crippen LogP contribution >= 0.6 is 0 Å². The van der Waals surface area contributed by atoms with Crippen molar-refractivity contribution in [3.63, 3.8) is 0 Å². The van der Waals surface area contributed by atoms with Gasteiger partial charge in [0.05, 0.1) is 6.61 Å². The highest BCUT2D eigenvalue weighted by Gasteiger charge is 2.35. The predicted octanol–water partition coefficient (Wildman–Crippen LogP) is 3.92. The molecule has 1 rings (SSSR count). The minimum absolute atomic E-state index is 0.434. The molecule has 0 N–H and O–H groups in total. The number of hydrogen-bond acceptors (Lipinski definition) is 3. The molecule has 112 valence electrons. The Morgan fingerprint density at radius 3 is 2.42 bits per heavy atom. The van der Waals surface area contributed by atoms with E-state index in [1.54, 1.807) is 0 Å². The van der Waals surface area contributed by atoms with Gasteiger partial charge in [-0.1, -0.05) is 38.8 Å². The lowest BCUT2D eigenvalue weighted by Gasteiger charge is -2.38. The van der Waals surface area contributed by atoms with Crippen LogP contribution in [0.15, 0.2) is 12.2 Å². The van der Waals surface area contributed by atoms with Gasteiger partial charge in [0.15, 0.2) is 5.79 Å². The molecule has 0 spiro atoms. The van der Waals surface area contributed by atoms with Crippen molar-refractivity contribution < 1.29 is 13.6 Å². The zero-order valence-electron chi connectivity index (χ0n) is 12.9. The van der Waals surface area contributed by atoms with Crippen LogP contribution in [-0.4, -0.2) is 28.3 Å². The first kappa shape index (κ1) is 16.9. The lowest BCUT2D eigenvalue weighted by Crippen LogP contribution is -2.44. The molecular weight excluding hydrogens is 256 g/mol. The summed E-state index contributed by atoms with van der Waals surface area (Å²) < 4.78 is 18.3. The Morgan fingerprint density at radius 1 is 1.26 bits per heavy atom. The molecular formula is C15H30O3Si. The number of rotatable bonds is 9. The van der Waals surface area contributed by atoms with Crippen molar-refractivity contribution in [1.82, 2.24) is 0 Å². The van der Waals surface area contributed by atoms with Gasteiger partial charge in [0.1, 0.15) is 0 Å². The van der Waals surface area contributed by atoms with E-state index in [1.807, 2.05) is 6.92 Å². The van der Waals surface area contributed by atoms with Crippen molar-refractivity contribution in [2.75, 3.05) is 13.2 Å². The van der Waals surface area contributed by atoms with Gasteiger partial charge in [-0.25, -0.2) is 0 Å². The minimum atomic E-state index is -1.53. The van der Waals surface area contributed by atoms with Gasteiger partial charge >= 0.3 is 9.28 Å². The van der Waals surface area contributed by atoms with Crippen LogP contribution in [0.5, 0.6) is 0 Å². The third-order valence-electron chi connectivity index (χ3n) is 3.33. The Morgan fingerprint density at radius 2 is 1.95 bits per heavy atom. The Labute approximate surface area is 120 Å². The van der Waals surface area contributed by atoms with Gasteiger partial charge in [0.2, 0.25) is 0 Å². The third kappa shape index (κ3) is 6.21. The van der Waals surface area contributed by atoms with E-state index in [9.17, 15) is 0 Å². The monoisotopic (exact) mass is 286 g/mol. The molecule has 1 aliphatic heterocycles. The standard InChI is InChI=1S/C15H30O3Si/c1-5-9-15(10-6-2,16-13-14(3)4)18-19-12-8-7-11-17-19/h19H,3,5-13H2,1-2,4H3. The second-order valence-corrected chi connectivity index (χ2v) is 7.58. The third-order valence-corrected chi connectivity index (χ3v) is 5.51. The lowest BCUT2D eigenvalue weighted by molar-refractivity contribution is -0.198. The van der Waals surface area contributed by atoms with Crippen LogP contribution in [0.1, 0.15) is 59.3 Å². The van der Waals surface area contributed by atoms with Gasteiger partial charge in [0.25, 0.3) is 0 Å². The first-order valence-electron chi connectivity index (χ1n) is 7.69. The molecule has 0 saturated carbocycles.